The number of hydrogen-bond acceptors (Lipinski definition) is 4. The molecular weight excluding hydrogens is 608 g/mol. The molecule has 3 amide bonds. The van der Waals surface area contributed by atoms with E-state index in [2.05, 4.69) is 29.0 Å². The van der Waals surface area contributed by atoms with Crippen LogP contribution in [0.5, 0.6) is 5.75 Å². The number of fused-ring (bicyclic) bond motifs is 2. The lowest BCUT2D eigenvalue weighted by Crippen LogP contribution is -2.62. The fraction of sp³-hybridized carbons (Fsp3) is 0.641. The van der Waals surface area contributed by atoms with Crippen molar-refractivity contribution in [3.05, 3.63) is 64.7 Å². The van der Waals surface area contributed by atoms with E-state index in [4.69, 9.17) is 11.6 Å². The minimum Gasteiger partial charge on any atom is -0.508 e. The highest BCUT2D eigenvalue weighted by molar-refractivity contribution is 6.30. The molecule has 2 saturated carbocycles. The van der Waals surface area contributed by atoms with Gasteiger partial charge in [0.05, 0.1) is 6.04 Å². The molecule has 2 aliphatic carbocycles. The van der Waals surface area contributed by atoms with Crippen LogP contribution in [0.2, 0.25) is 5.02 Å². The first kappa shape index (κ1) is 34.1. The molecule has 2 heterocycles. The number of piperidine rings is 1. The minimum absolute atomic E-state index is 0.146. The molecular formula is C39H55ClN4O3. The molecule has 256 valence electrons. The Morgan fingerprint density at radius 3 is 2.04 bits per heavy atom. The van der Waals surface area contributed by atoms with Crippen molar-refractivity contribution in [3.63, 3.8) is 0 Å². The maximum absolute atomic E-state index is 15.0. The average Bonchev–Trinajstić information content (AvgIpc) is 3.36. The Balaban J connectivity index is 1.27. The number of nitrogens with zero attached hydrogens (tertiary/aromatic N) is 3. The molecule has 0 spiro atoms. The molecule has 2 saturated heterocycles. The summed E-state index contributed by atoms with van der Waals surface area (Å²) < 4.78 is 0. The summed E-state index contributed by atoms with van der Waals surface area (Å²) in [5.41, 5.74) is 1.90. The van der Waals surface area contributed by atoms with Crippen molar-refractivity contribution in [1.29, 1.82) is 0 Å². The SMILES string of the molecule is CCN(CC)C(=O)N(C1CCCCC1)C1CC2CCC(C1)N2C(=O)[C@@H](Cc1ccc(Cl)cc1)NC1(c2ccc(O)cc2)CCCCC1. The fourth-order valence-corrected chi connectivity index (χ4v) is 9.51. The van der Waals surface area contributed by atoms with Crippen LogP contribution < -0.4 is 5.32 Å². The summed E-state index contributed by atoms with van der Waals surface area (Å²) >= 11 is 6.26. The lowest BCUT2D eigenvalue weighted by Gasteiger charge is -2.49. The number of halogens is 1. The van der Waals surface area contributed by atoms with Gasteiger partial charge in [0.1, 0.15) is 5.75 Å². The summed E-state index contributed by atoms with van der Waals surface area (Å²) in [6, 6.07) is 16.1. The molecule has 4 aliphatic rings. The number of nitrogens with one attached hydrogen (secondary N) is 1. The minimum atomic E-state index is -0.394. The van der Waals surface area contributed by atoms with E-state index in [1.807, 2.05) is 41.3 Å². The first-order valence-electron chi connectivity index (χ1n) is 18.5. The average molecular weight is 663 g/mol. The van der Waals surface area contributed by atoms with E-state index in [9.17, 15) is 14.7 Å². The second kappa shape index (κ2) is 15.2. The molecule has 47 heavy (non-hydrogen) atoms. The zero-order chi connectivity index (χ0) is 33.0. The van der Waals surface area contributed by atoms with Gasteiger partial charge in [-0.25, -0.2) is 4.79 Å². The Kier molecular flexibility index (Phi) is 11.0. The Labute approximate surface area is 287 Å². The van der Waals surface area contributed by atoms with Crippen LogP contribution in [0.25, 0.3) is 0 Å². The molecule has 4 fully saturated rings. The molecule has 2 bridgehead atoms. The Morgan fingerprint density at radius 1 is 0.851 bits per heavy atom. The van der Waals surface area contributed by atoms with E-state index in [1.54, 1.807) is 12.1 Å². The number of aromatic hydroxyl groups is 1. The van der Waals surface area contributed by atoms with Crippen LogP contribution in [0.15, 0.2) is 48.5 Å². The van der Waals surface area contributed by atoms with E-state index < -0.39 is 6.04 Å². The van der Waals surface area contributed by atoms with E-state index >= 15 is 0 Å². The first-order chi connectivity index (χ1) is 22.8. The molecule has 2 aromatic carbocycles. The number of carbonyl (C=O) groups excluding carboxylic acids is 2. The zero-order valence-corrected chi connectivity index (χ0v) is 29.3. The van der Waals surface area contributed by atoms with Crippen molar-refractivity contribution in [3.8, 4) is 5.75 Å². The van der Waals surface area contributed by atoms with Crippen LogP contribution in [0.1, 0.15) is 115 Å². The number of hydrogen-bond donors (Lipinski definition) is 2. The monoisotopic (exact) mass is 662 g/mol. The maximum atomic E-state index is 15.0. The number of phenolic OH excluding ortho intramolecular Hbond substituents is 1. The summed E-state index contributed by atoms with van der Waals surface area (Å²) in [6.45, 7) is 5.61. The van der Waals surface area contributed by atoms with Gasteiger partial charge < -0.3 is 19.8 Å². The maximum Gasteiger partial charge on any atom is 0.320 e. The van der Waals surface area contributed by atoms with Crippen molar-refractivity contribution in [1.82, 2.24) is 20.0 Å². The summed E-state index contributed by atoms with van der Waals surface area (Å²) in [6.07, 6.45) is 15.5. The number of amides is 3. The number of urea groups is 1. The predicted molar refractivity (Wildman–Crippen MR) is 189 cm³/mol. The van der Waals surface area contributed by atoms with E-state index in [0.29, 0.717) is 17.5 Å². The van der Waals surface area contributed by atoms with Gasteiger partial charge in [0.15, 0.2) is 0 Å². The molecule has 2 aromatic rings. The van der Waals surface area contributed by atoms with Crippen molar-refractivity contribution in [2.24, 2.45) is 0 Å². The van der Waals surface area contributed by atoms with Crippen LogP contribution in [0.3, 0.4) is 0 Å². The van der Waals surface area contributed by atoms with Crippen LogP contribution in [0.4, 0.5) is 4.79 Å². The molecule has 6 rings (SSSR count). The Hall–Kier alpha value is -2.77. The molecule has 3 atom stereocenters. The van der Waals surface area contributed by atoms with E-state index in [1.165, 1.54) is 25.7 Å². The van der Waals surface area contributed by atoms with Crippen molar-refractivity contribution in [2.75, 3.05) is 13.1 Å². The Bertz CT molecular complexity index is 1320. The van der Waals surface area contributed by atoms with Crippen LogP contribution in [0, 0.1) is 0 Å². The number of rotatable bonds is 10. The highest BCUT2D eigenvalue weighted by atomic mass is 35.5. The molecule has 0 radical (unpaired) electrons. The quantitative estimate of drug-likeness (QED) is 0.270. The standard InChI is InChI=1S/C39H55ClN4O3/c1-3-42(4-2)38(47)44(31-11-7-5-8-12-31)34-26-32-19-20-33(27-34)43(32)37(46)36(25-28-13-17-30(40)18-14-28)41-39(23-9-6-10-24-39)29-15-21-35(45)22-16-29/h13-18,21-22,31-34,36,41,45H,3-12,19-20,23-27H2,1-2H3/t32?,33?,34?,36-/m1/s1. The van der Waals surface area contributed by atoms with Crippen LogP contribution in [-0.2, 0) is 16.8 Å². The van der Waals surface area contributed by atoms with Crippen LogP contribution in [-0.4, -0.2) is 75.0 Å². The van der Waals surface area contributed by atoms with Gasteiger partial charge in [-0.15, -0.1) is 0 Å². The predicted octanol–water partition coefficient (Wildman–Crippen LogP) is 8.02. The first-order valence-corrected chi connectivity index (χ1v) is 18.9. The zero-order valence-electron chi connectivity index (χ0n) is 28.5. The highest BCUT2D eigenvalue weighted by Gasteiger charge is 2.49. The van der Waals surface area contributed by atoms with E-state index in [-0.39, 0.29) is 41.4 Å². The topological polar surface area (TPSA) is 76.1 Å². The van der Waals surface area contributed by atoms with E-state index in [0.717, 1.165) is 88.4 Å². The van der Waals surface area contributed by atoms with Gasteiger partial charge in [-0.1, -0.05) is 74.4 Å². The summed E-state index contributed by atoms with van der Waals surface area (Å²) in [5, 5.41) is 14.8. The Morgan fingerprint density at radius 2 is 1.45 bits per heavy atom. The van der Waals surface area contributed by atoms with Gasteiger partial charge in [0.25, 0.3) is 0 Å². The summed E-state index contributed by atoms with van der Waals surface area (Å²) in [4.78, 5) is 35.5. The number of carbonyl (C=O) groups is 2. The smallest absolute Gasteiger partial charge is 0.320 e. The molecule has 2 aliphatic heterocycles. The number of benzene rings is 2. The van der Waals surface area contributed by atoms with Gasteiger partial charge in [-0.3, -0.25) is 10.1 Å². The summed E-state index contributed by atoms with van der Waals surface area (Å²) in [5.74, 6) is 0.448. The van der Waals surface area contributed by atoms with Gasteiger partial charge in [0.2, 0.25) is 5.91 Å². The lowest BCUT2D eigenvalue weighted by atomic mass is 9.75. The third-order valence-corrected chi connectivity index (χ3v) is 12.1. The van der Waals surface area contributed by atoms with Gasteiger partial charge >= 0.3 is 6.03 Å². The molecule has 2 unspecified atom stereocenters. The van der Waals surface area contributed by atoms with Gasteiger partial charge in [-0.2, -0.15) is 0 Å². The second-order valence-electron chi connectivity index (χ2n) is 14.6. The van der Waals surface area contributed by atoms with Gasteiger partial charge in [-0.05, 0) is 107 Å². The third-order valence-electron chi connectivity index (χ3n) is 11.8. The van der Waals surface area contributed by atoms with Gasteiger partial charge in [0, 0.05) is 47.8 Å². The second-order valence-corrected chi connectivity index (χ2v) is 15.1. The highest BCUT2D eigenvalue weighted by Crippen LogP contribution is 2.42. The van der Waals surface area contributed by atoms with Crippen molar-refractivity contribution in [2.45, 2.75) is 146 Å². The van der Waals surface area contributed by atoms with Crippen LogP contribution >= 0.6 is 11.6 Å². The lowest BCUT2D eigenvalue weighted by molar-refractivity contribution is -0.140. The van der Waals surface area contributed by atoms with Crippen molar-refractivity contribution < 1.29 is 14.7 Å². The molecule has 0 aromatic heterocycles. The van der Waals surface area contributed by atoms with Crippen molar-refractivity contribution >= 4 is 23.5 Å². The normalized spacial score (nSPS) is 24.9. The molecule has 2 N–H and O–H groups in total. The summed E-state index contributed by atoms with van der Waals surface area (Å²) in [7, 11) is 0. The third kappa shape index (κ3) is 7.46. The molecule has 8 heteroatoms. The largest absolute Gasteiger partial charge is 0.508 e. The number of phenols is 1. The fourth-order valence-electron chi connectivity index (χ4n) is 9.38. The molecule has 7 nitrogen and oxygen atoms in total.